The smallest absolute Gasteiger partial charge is 0.191 e. The van der Waals surface area contributed by atoms with Crippen molar-refractivity contribution in [1.82, 2.24) is 29.5 Å². The predicted octanol–water partition coefficient (Wildman–Crippen LogP) is 0.568. The predicted molar refractivity (Wildman–Crippen MR) is 68.8 cm³/mol. The molecule has 0 spiro atoms. The van der Waals surface area contributed by atoms with Gasteiger partial charge in [0.25, 0.3) is 0 Å². The summed E-state index contributed by atoms with van der Waals surface area (Å²) < 4.78 is 3.97. The first kappa shape index (κ1) is 13.0. The van der Waals surface area contributed by atoms with Gasteiger partial charge in [0.05, 0.1) is 12.3 Å². The average Bonchev–Trinajstić information content (AvgIpc) is 2.94. The molecule has 2 aromatic heterocycles. The van der Waals surface area contributed by atoms with E-state index in [9.17, 15) is 0 Å². The van der Waals surface area contributed by atoms with E-state index < -0.39 is 0 Å². The Morgan fingerprint density at radius 2 is 2.11 bits per heavy atom. The maximum Gasteiger partial charge on any atom is 0.191 e. The van der Waals surface area contributed by atoms with E-state index in [1.54, 1.807) is 18.1 Å². The van der Waals surface area contributed by atoms with Crippen LogP contribution in [0.4, 0.5) is 0 Å². The minimum atomic E-state index is 0.414. The number of thioether (sulfide) groups is 1. The highest BCUT2D eigenvalue weighted by Crippen LogP contribution is 2.21. The molecule has 2 aromatic rings. The van der Waals surface area contributed by atoms with Gasteiger partial charge in [0, 0.05) is 13.6 Å². The van der Waals surface area contributed by atoms with Crippen LogP contribution in [0.3, 0.4) is 0 Å². The molecule has 18 heavy (non-hydrogen) atoms. The summed E-state index contributed by atoms with van der Waals surface area (Å²) in [4.78, 5) is 0. The molecule has 0 aromatic carbocycles. The average molecular weight is 267 g/mol. The van der Waals surface area contributed by atoms with Gasteiger partial charge >= 0.3 is 0 Å². The van der Waals surface area contributed by atoms with Crippen LogP contribution in [-0.4, -0.2) is 29.5 Å². The molecule has 2 N–H and O–H groups in total. The van der Waals surface area contributed by atoms with E-state index in [2.05, 4.69) is 31.9 Å². The van der Waals surface area contributed by atoms with Crippen molar-refractivity contribution in [2.45, 2.75) is 37.3 Å². The van der Waals surface area contributed by atoms with Gasteiger partial charge in [0.2, 0.25) is 0 Å². The molecule has 2 rings (SSSR count). The zero-order chi connectivity index (χ0) is 13.0. The molecule has 0 unspecified atom stereocenters. The standard InChI is InChI=1S/C10H17N7S/c1-3-4-17-8(5-11)14-15-10(17)18-6-9-13-12-7-16(9)2/h7H,3-6,11H2,1-2H3. The lowest BCUT2D eigenvalue weighted by molar-refractivity contribution is 0.592. The number of aryl methyl sites for hydroxylation is 1. The molecule has 0 saturated carbocycles. The van der Waals surface area contributed by atoms with Crippen LogP contribution in [0, 0.1) is 0 Å². The lowest BCUT2D eigenvalue weighted by atomic mass is 10.4. The second-order valence-electron chi connectivity index (χ2n) is 3.90. The van der Waals surface area contributed by atoms with Crippen molar-refractivity contribution >= 4 is 11.8 Å². The quantitative estimate of drug-likeness (QED) is 0.770. The Bertz CT molecular complexity index is 504. The molecule has 7 nitrogen and oxygen atoms in total. The molecule has 0 fully saturated rings. The number of hydrogen-bond donors (Lipinski definition) is 1. The van der Waals surface area contributed by atoms with Crippen LogP contribution in [0.5, 0.6) is 0 Å². The maximum atomic E-state index is 5.65. The van der Waals surface area contributed by atoms with Gasteiger partial charge in [-0.2, -0.15) is 0 Å². The van der Waals surface area contributed by atoms with Gasteiger partial charge in [-0.3, -0.25) is 0 Å². The largest absolute Gasteiger partial charge is 0.324 e. The van der Waals surface area contributed by atoms with Crippen molar-refractivity contribution in [2.24, 2.45) is 12.8 Å². The Morgan fingerprint density at radius 3 is 2.72 bits per heavy atom. The summed E-state index contributed by atoms with van der Waals surface area (Å²) in [5.74, 6) is 2.47. The first-order valence-electron chi connectivity index (χ1n) is 5.84. The van der Waals surface area contributed by atoms with E-state index in [0.29, 0.717) is 6.54 Å². The van der Waals surface area contributed by atoms with E-state index in [0.717, 1.165) is 35.5 Å². The highest BCUT2D eigenvalue weighted by molar-refractivity contribution is 7.98. The minimum absolute atomic E-state index is 0.414. The highest BCUT2D eigenvalue weighted by atomic mass is 32.2. The molecule has 0 bridgehead atoms. The van der Waals surface area contributed by atoms with Crippen LogP contribution >= 0.6 is 11.8 Å². The summed E-state index contributed by atoms with van der Waals surface area (Å²) in [7, 11) is 1.93. The minimum Gasteiger partial charge on any atom is -0.324 e. The fraction of sp³-hybridized carbons (Fsp3) is 0.600. The normalized spacial score (nSPS) is 11.1. The third-order valence-corrected chi connectivity index (χ3v) is 3.52. The lowest BCUT2D eigenvalue weighted by Gasteiger charge is -2.07. The van der Waals surface area contributed by atoms with Gasteiger partial charge in [0.1, 0.15) is 18.0 Å². The Balaban J connectivity index is 2.09. The zero-order valence-electron chi connectivity index (χ0n) is 10.6. The zero-order valence-corrected chi connectivity index (χ0v) is 11.4. The Hall–Kier alpha value is -1.41. The first-order chi connectivity index (χ1) is 8.76. The van der Waals surface area contributed by atoms with E-state index in [-0.39, 0.29) is 0 Å². The van der Waals surface area contributed by atoms with E-state index in [1.807, 2.05) is 11.6 Å². The molecule has 0 atom stereocenters. The number of hydrogen-bond acceptors (Lipinski definition) is 6. The molecule has 0 amide bonds. The highest BCUT2D eigenvalue weighted by Gasteiger charge is 2.12. The SMILES string of the molecule is CCCn1c(CN)nnc1SCc1nncn1C. The second-order valence-corrected chi connectivity index (χ2v) is 4.84. The molecular formula is C10H17N7S. The van der Waals surface area contributed by atoms with Crippen LogP contribution in [0.2, 0.25) is 0 Å². The van der Waals surface area contributed by atoms with Crippen LogP contribution in [-0.2, 0) is 25.9 Å². The van der Waals surface area contributed by atoms with Gasteiger partial charge in [-0.25, -0.2) is 0 Å². The van der Waals surface area contributed by atoms with Crippen molar-refractivity contribution in [2.75, 3.05) is 0 Å². The van der Waals surface area contributed by atoms with Crippen LogP contribution in [0.1, 0.15) is 25.0 Å². The summed E-state index contributed by atoms with van der Waals surface area (Å²) >= 11 is 1.61. The summed E-state index contributed by atoms with van der Waals surface area (Å²) in [6, 6.07) is 0. The van der Waals surface area contributed by atoms with Crippen molar-refractivity contribution in [3.63, 3.8) is 0 Å². The van der Waals surface area contributed by atoms with E-state index in [4.69, 9.17) is 5.73 Å². The van der Waals surface area contributed by atoms with Gasteiger partial charge in [-0.05, 0) is 6.42 Å². The van der Waals surface area contributed by atoms with Crippen molar-refractivity contribution in [3.8, 4) is 0 Å². The number of nitrogens with zero attached hydrogens (tertiary/aromatic N) is 6. The molecule has 0 saturated heterocycles. The third kappa shape index (κ3) is 2.70. The second kappa shape index (κ2) is 5.96. The van der Waals surface area contributed by atoms with E-state index in [1.165, 1.54) is 0 Å². The molecule has 0 aliphatic carbocycles. The maximum absolute atomic E-state index is 5.65. The number of rotatable bonds is 6. The van der Waals surface area contributed by atoms with Crippen LogP contribution in [0.25, 0.3) is 0 Å². The van der Waals surface area contributed by atoms with Crippen molar-refractivity contribution < 1.29 is 0 Å². The molecule has 8 heteroatoms. The van der Waals surface area contributed by atoms with E-state index >= 15 is 0 Å². The molecule has 2 heterocycles. The topological polar surface area (TPSA) is 87.4 Å². The Kier molecular flexibility index (Phi) is 4.32. The summed E-state index contributed by atoms with van der Waals surface area (Å²) in [5, 5.41) is 17.1. The summed E-state index contributed by atoms with van der Waals surface area (Å²) in [5.41, 5.74) is 5.65. The Labute approximate surface area is 110 Å². The van der Waals surface area contributed by atoms with Gasteiger partial charge in [-0.15, -0.1) is 20.4 Å². The van der Waals surface area contributed by atoms with Crippen LogP contribution < -0.4 is 5.73 Å². The molecule has 98 valence electrons. The summed E-state index contributed by atoms with van der Waals surface area (Å²) in [6.45, 7) is 3.43. The summed E-state index contributed by atoms with van der Waals surface area (Å²) in [6.07, 6.45) is 2.72. The fourth-order valence-corrected chi connectivity index (χ4v) is 2.56. The van der Waals surface area contributed by atoms with Gasteiger partial charge in [0.15, 0.2) is 5.16 Å². The van der Waals surface area contributed by atoms with Crippen molar-refractivity contribution in [1.29, 1.82) is 0 Å². The van der Waals surface area contributed by atoms with Gasteiger partial charge < -0.3 is 14.9 Å². The molecule has 0 aliphatic heterocycles. The molecule has 0 radical (unpaired) electrons. The third-order valence-electron chi connectivity index (χ3n) is 2.56. The molecular weight excluding hydrogens is 250 g/mol. The number of aromatic nitrogens is 6. The fourth-order valence-electron chi connectivity index (χ4n) is 1.59. The first-order valence-corrected chi connectivity index (χ1v) is 6.82. The monoisotopic (exact) mass is 267 g/mol. The Morgan fingerprint density at radius 1 is 1.28 bits per heavy atom. The van der Waals surface area contributed by atoms with Crippen molar-refractivity contribution in [3.05, 3.63) is 18.0 Å². The van der Waals surface area contributed by atoms with Crippen LogP contribution in [0.15, 0.2) is 11.5 Å². The van der Waals surface area contributed by atoms with Gasteiger partial charge in [-0.1, -0.05) is 18.7 Å². The molecule has 0 aliphatic rings. The number of nitrogens with two attached hydrogens (primary N) is 1. The lowest BCUT2D eigenvalue weighted by Crippen LogP contribution is -2.09.